The minimum atomic E-state index is -4.16. The predicted molar refractivity (Wildman–Crippen MR) is 104 cm³/mol. The number of rotatable bonds is 9. The van der Waals surface area contributed by atoms with Gasteiger partial charge in [-0.2, -0.15) is 0 Å². The van der Waals surface area contributed by atoms with Crippen LogP contribution in [0, 0.1) is 0 Å². The number of benzene rings is 2. The minimum absolute atomic E-state index is 0.127. The number of halogens is 1. The zero-order chi connectivity index (χ0) is 21.7. The Kier molecular flexibility index (Phi) is 7.57. The lowest BCUT2D eigenvalue weighted by Gasteiger charge is -2.10. The Hall–Kier alpha value is -2.22. The van der Waals surface area contributed by atoms with E-state index in [1.807, 2.05) is 10.3 Å². The van der Waals surface area contributed by atoms with Gasteiger partial charge in [0.05, 0.1) is 16.5 Å². The molecule has 2 aromatic rings. The van der Waals surface area contributed by atoms with Gasteiger partial charge in [0, 0.05) is 12.7 Å². The molecule has 10 nitrogen and oxygen atoms in total. The van der Waals surface area contributed by atoms with Crippen molar-refractivity contribution in [1.82, 2.24) is 10.3 Å². The molecule has 0 bridgehead atoms. The van der Waals surface area contributed by atoms with Crippen molar-refractivity contribution in [3.8, 4) is 5.75 Å². The molecule has 0 saturated carbocycles. The van der Waals surface area contributed by atoms with Gasteiger partial charge in [-0.05, 0) is 42.5 Å². The number of nitrogens with two attached hydrogens (primary N) is 1. The molecule has 2 rings (SSSR count). The van der Waals surface area contributed by atoms with Gasteiger partial charge in [0.25, 0.3) is 15.9 Å². The average molecular weight is 464 g/mol. The van der Waals surface area contributed by atoms with E-state index in [1.165, 1.54) is 37.4 Å². The van der Waals surface area contributed by atoms with Crippen molar-refractivity contribution in [2.24, 2.45) is 5.14 Å². The normalized spacial score (nSPS) is 11.8. The molecule has 0 aromatic heterocycles. The van der Waals surface area contributed by atoms with Crippen LogP contribution in [0.3, 0.4) is 0 Å². The summed E-state index contributed by atoms with van der Waals surface area (Å²) >= 11 is 5.75. The van der Waals surface area contributed by atoms with E-state index in [2.05, 4.69) is 0 Å². The number of carbonyl (C=O) groups is 1. The fraction of sp³-hybridized carbons (Fsp3) is 0.188. The SMILES string of the molecule is COCCOc1ccc(S(=O)(=O)NNC(=O)c2ccc(Cl)c(S(N)(=O)=O)c2)cc1. The molecular formula is C16H18ClN3O7S2. The van der Waals surface area contributed by atoms with Gasteiger partial charge >= 0.3 is 0 Å². The first-order valence-corrected chi connectivity index (χ1v) is 11.3. The fourth-order valence-corrected chi connectivity index (χ4v) is 3.98. The van der Waals surface area contributed by atoms with Gasteiger partial charge < -0.3 is 9.47 Å². The number of methoxy groups -OCH3 is 1. The van der Waals surface area contributed by atoms with E-state index in [0.29, 0.717) is 19.0 Å². The molecule has 0 atom stereocenters. The second kappa shape index (κ2) is 9.52. The summed E-state index contributed by atoms with van der Waals surface area (Å²) in [5, 5.41) is 4.85. The summed E-state index contributed by atoms with van der Waals surface area (Å²) in [5.74, 6) is -0.462. The Balaban J connectivity index is 2.07. The van der Waals surface area contributed by atoms with Crippen LogP contribution < -0.4 is 20.1 Å². The maximum atomic E-state index is 12.3. The topological polar surface area (TPSA) is 154 Å². The zero-order valence-electron chi connectivity index (χ0n) is 15.1. The summed E-state index contributed by atoms with van der Waals surface area (Å²) in [6.07, 6.45) is 0. The molecule has 0 heterocycles. The highest BCUT2D eigenvalue weighted by atomic mass is 35.5. The zero-order valence-corrected chi connectivity index (χ0v) is 17.5. The molecule has 0 unspecified atom stereocenters. The summed E-state index contributed by atoms with van der Waals surface area (Å²) in [6.45, 7) is 0.685. The molecular weight excluding hydrogens is 446 g/mol. The smallest absolute Gasteiger partial charge is 0.266 e. The van der Waals surface area contributed by atoms with E-state index in [1.54, 1.807) is 0 Å². The van der Waals surface area contributed by atoms with Crippen molar-refractivity contribution in [1.29, 1.82) is 0 Å². The number of ether oxygens (including phenoxy) is 2. The number of carbonyl (C=O) groups excluding carboxylic acids is 1. The molecule has 4 N–H and O–H groups in total. The van der Waals surface area contributed by atoms with Gasteiger partial charge in [-0.3, -0.25) is 10.2 Å². The standard InChI is InChI=1S/C16H18ClN3O7S2/c1-26-8-9-27-12-3-5-13(6-4-12)29(24,25)20-19-16(21)11-2-7-14(17)15(10-11)28(18,22)23/h2-7,10,20H,8-9H2,1H3,(H,19,21)(H2,18,22,23). The second-order valence-electron chi connectivity index (χ2n) is 5.56. The van der Waals surface area contributed by atoms with Crippen LogP contribution in [0.25, 0.3) is 0 Å². The summed E-state index contributed by atoms with van der Waals surface area (Å²) in [4.78, 5) is 13.5. The molecule has 13 heteroatoms. The minimum Gasteiger partial charge on any atom is -0.491 e. The number of hydrogen-bond acceptors (Lipinski definition) is 7. The van der Waals surface area contributed by atoms with E-state index in [9.17, 15) is 21.6 Å². The molecule has 1 amide bonds. The first-order chi connectivity index (χ1) is 13.5. The van der Waals surface area contributed by atoms with Crippen LogP contribution in [0.4, 0.5) is 0 Å². The highest BCUT2D eigenvalue weighted by Gasteiger charge is 2.19. The van der Waals surface area contributed by atoms with Gasteiger partial charge in [-0.15, -0.1) is 4.83 Å². The Labute approximate surface area is 173 Å². The van der Waals surface area contributed by atoms with Gasteiger partial charge in [-0.25, -0.2) is 22.0 Å². The fourth-order valence-electron chi connectivity index (χ4n) is 2.07. The molecule has 0 radical (unpaired) electrons. The number of sulfonamides is 2. The van der Waals surface area contributed by atoms with Crippen molar-refractivity contribution < 1.29 is 31.1 Å². The van der Waals surface area contributed by atoms with Gasteiger partial charge in [-0.1, -0.05) is 11.6 Å². The monoisotopic (exact) mass is 463 g/mol. The van der Waals surface area contributed by atoms with Crippen LogP contribution >= 0.6 is 11.6 Å². The maximum Gasteiger partial charge on any atom is 0.266 e. The summed E-state index contributed by atoms with van der Waals surface area (Å²) in [5.41, 5.74) is 1.83. The first-order valence-electron chi connectivity index (χ1n) is 7.91. The lowest BCUT2D eigenvalue weighted by molar-refractivity contribution is 0.0945. The lowest BCUT2D eigenvalue weighted by Crippen LogP contribution is -2.41. The number of hydrogen-bond donors (Lipinski definition) is 3. The number of primary sulfonamides is 1. The molecule has 0 aliphatic rings. The first kappa shape index (κ1) is 23.1. The highest BCUT2D eigenvalue weighted by molar-refractivity contribution is 7.89. The largest absolute Gasteiger partial charge is 0.491 e. The van der Waals surface area contributed by atoms with E-state index < -0.39 is 30.8 Å². The van der Waals surface area contributed by atoms with Crippen molar-refractivity contribution in [3.05, 3.63) is 53.1 Å². The van der Waals surface area contributed by atoms with Gasteiger partial charge in [0.15, 0.2) is 0 Å². The van der Waals surface area contributed by atoms with Crippen molar-refractivity contribution in [3.63, 3.8) is 0 Å². The van der Waals surface area contributed by atoms with Crippen LogP contribution in [0.2, 0.25) is 5.02 Å². The highest BCUT2D eigenvalue weighted by Crippen LogP contribution is 2.21. The van der Waals surface area contributed by atoms with E-state index in [4.69, 9.17) is 26.2 Å². The molecule has 0 spiro atoms. The van der Waals surface area contributed by atoms with Crippen LogP contribution in [0.5, 0.6) is 5.75 Å². The van der Waals surface area contributed by atoms with Gasteiger partial charge in [0.2, 0.25) is 10.0 Å². The van der Waals surface area contributed by atoms with Crippen molar-refractivity contribution in [2.75, 3.05) is 20.3 Å². The van der Waals surface area contributed by atoms with Crippen LogP contribution in [0.1, 0.15) is 10.4 Å². The Bertz CT molecular complexity index is 1090. The molecule has 158 valence electrons. The van der Waals surface area contributed by atoms with E-state index in [0.717, 1.165) is 12.1 Å². The number of nitrogens with one attached hydrogen (secondary N) is 2. The van der Waals surface area contributed by atoms with Crippen LogP contribution in [0.15, 0.2) is 52.3 Å². The second-order valence-corrected chi connectivity index (χ2v) is 9.18. The molecule has 2 aromatic carbocycles. The molecule has 0 saturated heterocycles. The van der Waals surface area contributed by atoms with Crippen molar-refractivity contribution in [2.45, 2.75) is 9.79 Å². The molecule has 29 heavy (non-hydrogen) atoms. The predicted octanol–water partition coefficient (Wildman–Crippen LogP) is 0.636. The third kappa shape index (κ3) is 6.39. The third-order valence-electron chi connectivity index (χ3n) is 3.49. The average Bonchev–Trinajstić information content (AvgIpc) is 2.66. The van der Waals surface area contributed by atoms with E-state index >= 15 is 0 Å². The van der Waals surface area contributed by atoms with E-state index in [-0.39, 0.29) is 15.5 Å². The summed E-state index contributed by atoms with van der Waals surface area (Å²) < 4.78 is 57.7. The van der Waals surface area contributed by atoms with Gasteiger partial charge in [0.1, 0.15) is 17.3 Å². The number of amides is 1. The number of hydrazine groups is 1. The molecule has 0 aliphatic heterocycles. The Morgan fingerprint density at radius 2 is 1.72 bits per heavy atom. The quantitative estimate of drug-likeness (QED) is 0.364. The Morgan fingerprint density at radius 3 is 2.31 bits per heavy atom. The lowest BCUT2D eigenvalue weighted by atomic mass is 10.2. The molecule has 0 fully saturated rings. The third-order valence-corrected chi connectivity index (χ3v) is 6.15. The Morgan fingerprint density at radius 1 is 1.07 bits per heavy atom. The van der Waals surface area contributed by atoms with Crippen molar-refractivity contribution >= 4 is 37.6 Å². The summed E-state index contributed by atoms with van der Waals surface area (Å²) in [6, 6.07) is 8.79. The summed E-state index contributed by atoms with van der Waals surface area (Å²) in [7, 11) is -6.72. The maximum absolute atomic E-state index is 12.3. The van der Waals surface area contributed by atoms with Crippen LogP contribution in [-0.4, -0.2) is 43.1 Å². The van der Waals surface area contributed by atoms with Crippen LogP contribution in [-0.2, 0) is 24.8 Å². The molecule has 0 aliphatic carbocycles.